The Hall–Kier alpha value is -1.50. The third-order valence-corrected chi connectivity index (χ3v) is 3.58. The summed E-state index contributed by atoms with van der Waals surface area (Å²) in [5.74, 6) is -2.07. The first-order valence-electron chi connectivity index (χ1n) is 5.51. The van der Waals surface area contributed by atoms with Crippen LogP contribution in [0.4, 0.5) is 14.5 Å². The Labute approximate surface area is 123 Å². The lowest BCUT2D eigenvalue weighted by Gasteiger charge is -2.10. The molecule has 0 saturated heterocycles. The highest BCUT2D eigenvalue weighted by molar-refractivity contribution is 14.1. The van der Waals surface area contributed by atoms with Crippen molar-refractivity contribution in [2.75, 3.05) is 5.32 Å². The molecule has 0 fully saturated rings. The molecule has 0 spiro atoms. The Balaban J connectivity index is 2.35. The fourth-order valence-electron chi connectivity index (χ4n) is 1.60. The van der Waals surface area contributed by atoms with Crippen LogP contribution in [0.3, 0.4) is 0 Å². The van der Waals surface area contributed by atoms with Gasteiger partial charge in [-0.1, -0.05) is 18.2 Å². The number of hydrogen-bond acceptors (Lipinski definition) is 1. The van der Waals surface area contributed by atoms with Crippen molar-refractivity contribution in [1.82, 2.24) is 0 Å². The van der Waals surface area contributed by atoms with Gasteiger partial charge in [-0.25, -0.2) is 8.78 Å². The number of carbonyl (C=O) groups is 1. The third-order valence-electron chi connectivity index (χ3n) is 2.64. The number of nitrogens with one attached hydrogen (secondary N) is 1. The summed E-state index contributed by atoms with van der Waals surface area (Å²) in [6, 6.07) is 9.28. The van der Waals surface area contributed by atoms with Crippen LogP contribution in [0.2, 0.25) is 0 Å². The first-order chi connectivity index (χ1) is 9.00. The van der Waals surface area contributed by atoms with E-state index in [4.69, 9.17) is 0 Å². The summed E-state index contributed by atoms with van der Waals surface area (Å²) in [5, 5.41) is 2.28. The van der Waals surface area contributed by atoms with E-state index in [-0.39, 0.29) is 5.56 Å². The van der Waals surface area contributed by atoms with Gasteiger partial charge in [0.2, 0.25) is 0 Å². The van der Waals surface area contributed by atoms with Crippen LogP contribution < -0.4 is 5.32 Å². The molecule has 0 bridgehead atoms. The molecule has 2 rings (SSSR count). The Bertz CT molecular complexity index is 643. The van der Waals surface area contributed by atoms with E-state index in [0.29, 0.717) is 9.13 Å². The molecule has 0 aliphatic heterocycles. The van der Waals surface area contributed by atoms with Gasteiger partial charge >= 0.3 is 0 Å². The van der Waals surface area contributed by atoms with E-state index < -0.39 is 23.2 Å². The lowest BCUT2D eigenvalue weighted by atomic mass is 10.1. The van der Waals surface area contributed by atoms with Gasteiger partial charge in [0.25, 0.3) is 5.91 Å². The first kappa shape index (κ1) is 13.9. The normalized spacial score (nSPS) is 10.3. The van der Waals surface area contributed by atoms with E-state index in [9.17, 15) is 13.6 Å². The summed E-state index contributed by atoms with van der Waals surface area (Å²) in [4.78, 5) is 12.0. The molecular weight excluding hydrogens is 363 g/mol. The molecule has 0 unspecified atom stereocenters. The molecule has 0 atom stereocenters. The molecule has 5 heteroatoms. The number of halogens is 3. The summed E-state index contributed by atoms with van der Waals surface area (Å²) in [7, 11) is 0. The number of rotatable bonds is 2. The van der Waals surface area contributed by atoms with Crippen molar-refractivity contribution in [2.45, 2.75) is 6.92 Å². The lowest BCUT2D eigenvalue weighted by Crippen LogP contribution is -2.16. The van der Waals surface area contributed by atoms with Crippen molar-refractivity contribution in [3.63, 3.8) is 0 Å². The van der Waals surface area contributed by atoms with Gasteiger partial charge in [0.05, 0.1) is 5.56 Å². The maximum Gasteiger partial charge on any atom is 0.256 e. The second-order valence-electron chi connectivity index (χ2n) is 3.99. The predicted molar refractivity (Wildman–Crippen MR) is 78.2 cm³/mol. The second kappa shape index (κ2) is 5.64. The maximum atomic E-state index is 13.8. The van der Waals surface area contributed by atoms with Gasteiger partial charge in [0.1, 0.15) is 11.5 Å². The Morgan fingerprint density at radius 2 is 1.84 bits per heavy atom. The van der Waals surface area contributed by atoms with Crippen molar-refractivity contribution in [2.24, 2.45) is 0 Å². The van der Waals surface area contributed by atoms with Gasteiger partial charge in [-0.15, -0.1) is 0 Å². The second-order valence-corrected chi connectivity index (χ2v) is 5.15. The molecule has 2 aromatic carbocycles. The monoisotopic (exact) mass is 373 g/mol. The van der Waals surface area contributed by atoms with E-state index in [0.717, 1.165) is 6.07 Å². The van der Waals surface area contributed by atoms with Crippen LogP contribution in [-0.4, -0.2) is 5.91 Å². The number of carbonyl (C=O) groups excluding carboxylic acids is 1. The topological polar surface area (TPSA) is 29.1 Å². The number of anilines is 1. The van der Waals surface area contributed by atoms with Crippen LogP contribution >= 0.6 is 22.6 Å². The Kier molecular flexibility index (Phi) is 4.14. The molecule has 1 N–H and O–H groups in total. The minimum atomic E-state index is -0.789. The maximum absolute atomic E-state index is 13.8. The van der Waals surface area contributed by atoms with Crippen molar-refractivity contribution in [3.05, 3.63) is 62.7 Å². The smallest absolute Gasteiger partial charge is 0.256 e. The molecule has 2 aromatic rings. The minimum Gasteiger partial charge on any atom is -0.317 e. The van der Waals surface area contributed by atoms with Crippen LogP contribution in [-0.2, 0) is 0 Å². The van der Waals surface area contributed by atoms with Crippen LogP contribution in [0, 0.1) is 22.1 Å². The zero-order chi connectivity index (χ0) is 14.0. The SMILES string of the molecule is Cc1ccc(F)c(NC(=O)c2ccccc2I)c1F. The Morgan fingerprint density at radius 3 is 2.53 bits per heavy atom. The molecule has 19 heavy (non-hydrogen) atoms. The van der Waals surface area contributed by atoms with Crippen molar-refractivity contribution < 1.29 is 13.6 Å². The van der Waals surface area contributed by atoms with Crippen LogP contribution in [0.25, 0.3) is 0 Å². The van der Waals surface area contributed by atoms with Crippen LogP contribution in [0.5, 0.6) is 0 Å². The molecule has 2 nitrogen and oxygen atoms in total. The Morgan fingerprint density at radius 1 is 1.16 bits per heavy atom. The van der Waals surface area contributed by atoms with E-state index in [1.165, 1.54) is 13.0 Å². The van der Waals surface area contributed by atoms with Gasteiger partial charge in [-0.3, -0.25) is 4.79 Å². The number of hydrogen-bond donors (Lipinski definition) is 1. The van der Waals surface area contributed by atoms with Crippen molar-refractivity contribution in [1.29, 1.82) is 0 Å². The van der Waals surface area contributed by atoms with Crippen LogP contribution in [0.15, 0.2) is 36.4 Å². The minimum absolute atomic E-state index is 0.277. The highest BCUT2D eigenvalue weighted by Gasteiger charge is 2.16. The zero-order valence-electron chi connectivity index (χ0n) is 10.0. The molecule has 0 aromatic heterocycles. The summed E-state index contributed by atoms with van der Waals surface area (Å²) in [6.45, 7) is 1.51. The number of amides is 1. The van der Waals surface area contributed by atoms with E-state index in [1.54, 1.807) is 24.3 Å². The molecule has 0 radical (unpaired) electrons. The average Bonchev–Trinajstić information content (AvgIpc) is 2.39. The van der Waals surface area contributed by atoms with Crippen molar-refractivity contribution >= 4 is 34.2 Å². The first-order valence-corrected chi connectivity index (χ1v) is 6.59. The molecule has 98 valence electrons. The molecule has 0 aliphatic carbocycles. The number of aryl methyl sites for hydroxylation is 1. The molecule has 1 amide bonds. The summed E-state index contributed by atoms with van der Waals surface area (Å²) in [6.07, 6.45) is 0. The molecule has 0 heterocycles. The summed E-state index contributed by atoms with van der Waals surface area (Å²) >= 11 is 1.99. The molecule has 0 saturated carbocycles. The lowest BCUT2D eigenvalue weighted by molar-refractivity contribution is 0.102. The third kappa shape index (κ3) is 2.91. The molecule has 0 aliphatic rings. The van der Waals surface area contributed by atoms with Gasteiger partial charge in [0.15, 0.2) is 5.82 Å². The van der Waals surface area contributed by atoms with Gasteiger partial charge in [0, 0.05) is 3.57 Å². The quantitative estimate of drug-likeness (QED) is 0.789. The van der Waals surface area contributed by atoms with Crippen LogP contribution in [0.1, 0.15) is 15.9 Å². The number of benzene rings is 2. The largest absolute Gasteiger partial charge is 0.317 e. The van der Waals surface area contributed by atoms with Gasteiger partial charge < -0.3 is 5.32 Å². The van der Waals surface area contributed by atoms with Gasteiger partial charge in [-0.05, 0) is 53.3 Å². The highest BCUT2D eigenvalue weighted by atomic mass is 127. The highest BCUT2D eigenvalue weighted by Crippen LogP contribution is 2.23. The fourth-order valence-corrected chi connectivity index (χ4v) is 2.23. The van der Waals surface area contributed by atoms with Gasteiger partial charge in [-0.2, -0.15) is 0 Å². The molecular formula is C14H10F2INO. The fraction of sp³-hybridized carbons (Fsp3) is 0.0714. The van der Waals surface area contributed by atoms with Crippen molar-refractivity contribution in [3.8, 4) is 0 Å². The van der Waals surface area contributed by atoms with E-state index in [2.05, 4.69) is 5.32 Å². The standard InChI is InChI=1S/C14H10F2INO/c1-8-6-7-10(15)13(12(8)16)18-14(19)9-4-2-3-5-11(9)17/h2-7H,1H3,(H,18,19). The summed E-state index contributed by atoms with van der Waals surface area (Å²) < 4.78 is 28.0. The average molecular weight is 373 g/mol. The zero-order valence-corrected chi connectivity index (χ0v) is 12.2. The summed E-state index contributed by atoms with van der Waals surface area (Å²) in [5.41, 5.74) is 0.243. The predicted octanol–water partition coefficient (Wildman–Crippen LogP) is 4.13. The van der Waals surface area contributed by atoms with E-state index in [1.807, 2.05) is 22.6 Å². The van der Waals surface area contributed by atoms with E-state index >= 15 is 0 Å².